The maximum atomic E-state index is 13.0. The van der Waals surface area contributed by atoms with Gasteiger partial charge in [-0.1, -0.05) is 19.1 Å². The fourth-order valence-corrected chi connectivity index (χ4v) is 4.94. The summed E-state index contributed by atoms with van der Waals surface area (Å²) in [6, 6.07) is 15.6. The lowest BCUT2D eigenvalue weighted by atomic mass is 10.1. The van der Waals surface area contributed by atoms with E-state index in [1.165, 1.54) is 12.1 Å². The Morgan fingerprint density at radius 2 is 1.84 bits per heavy atom. The number of rotatable bonds is 9. The Morgan fingerprint density at radius 1 is 1.08 bits per heavy atom. The van der Waals surface area contributed by atoms with Gasteiger partial charge >= 0.3 is 6.18 Å². The second-order valence-corrected chi connectivity index (χ2v) is 9.92. The molecule has 1 unspecified atom stereocenters. The van der Waals surface area contributed by atoms with E-state index in [4.69, 9.17) is 0 Å². The maximum absolute atomic E-state index is 13.0. The zero-order valence-corrected chi connectivity index (χ0v) is 21.4. The number of carbonyl (C=O) groups excluding carboxylic acids is 1. The van der Waals surface area contributed by atoms with Crippen LogP contribution in [0.4, 0.5) is 13.2 Å². The van der Waals surface area contributed by atoms with E-state index in [9.17, 15) is 23.1 Å². The molecule has 37 heavy (non-hydrogen) atoms. The van der Waals surface area contributed by atoms with Crippen LogP contribution in [-0.2, 0) is 19.1 Å². The third-order valence-corrected chi connectivity index (χ3v) is 7.01. The van der Waals surface area contributed by atoms with E-state index in [1.54, 1.807) is 36.2 Å². The van der Waals surface area contributed by atoms with Crippen LogP contribution in [0, 0.1) is 0 Å². The Morgan fingerprint density at radius 3 is 2.43 bits per heavy atom. The van der Waals surface area contributed by atoms with Crippen molar-refractivity contribution in [1.82, 2.24) is 14.9 Å². The van der Waals surface area contributed by atoms with Crippen LogP contribution in [0.5, 0.6) is 0 Å². The molecule has 9 heteroatoms. The molecule has 0 fully saturated rings. The minimum atomic E-state index is -4.36. The van der Waals surface area contributed by atoms with Crippen LogP contribution >= 0.6 is 11.8 Å². The van der Waals surface area contributed by atoms with E-state index in [1.807, 2.05) is 25.1 Å². The molecule has 0 saturated carbocycles. The van der Waals surface area contributed by atoms with Gasteiger partial charge in [0.05, 0.1) is 23.9 Å². The Bertz CT molecular complexity index is 1370. The number of fused-ring (bicyclic) bond motifs is 1. The summed E-state index contributed by atoms with van der Waals surface area (Å²) in [7, 11) is 0. The summed E-state index contributed by atoms with van der Waals surface area (Å²) < 4.78 is 40.8. The molecule has 0 bridgehead atoms. The number of nitrogens with one attached hydrogen (secondary N) is 1. The molecule has 0 spiro atoms. The lowest BCUT2D eigenvalue weighted by molar-refractivity contribution is -0.137. The molecule has 0 aliphatic carbocycles. The number of aliphatic hydroxyl groups excluding tert-OH is 1. The molecule has 0 aliphatic heterocycles. The van der Waals surface area contributed by atoms with Gasteiger partial charge in [-0.25, -0.2) is 0 Å². The van der Waals surface area contributed by atoms with Crippen molar-refractivity contribution in [2.75, 3.05) is 12.4 Å². The van der Waals surface area contributed by atoms with Crippen molar-refractivity contribution in [1.29, 1.82) is 0 Å². The summed E-state index contributed by atoms with van der Waals surface area (Å²) in [5.41, 5.74) is 3.00. The summed E-state index contributed by atoms with van der Waals surface area (Å²) in [6.07, 6.45) is -2.17. The second kappa shape index (κ2) is 11.4. The number of aliphatic hydroxyl groups is 1. The van der Waals surface area contributed by atoms with E-state index in [-0.39, 0.29) is 12.5 Å². The van der Waals surface area contributed by atoms with Crippen LogP contribution in [0.15, 0.2) is 71.8 Å². The summed E-state index contributed by atoms with van der Waals surface area (Å²) >= 11 is 1.66. The zero-order chi connectivity index (χ0) is 26.6. The van der Waals surface area contributed by atoms with Gasteiger partial charge in [0.1, 0.15) is 0 Å². The van der Waals surface area contributed by atoms with Gasteiger partial charge in [0.25, 0.3) is 5.91 Å². The van der Waals surface area contributed by atoms with Gasteiger partial charge in [-0.3, -0.25) is 9.78 Å². The highest BCUT2D eigenvalue weighted by Gasteiger charge is 2.30. The minimum absolute atomic E-state index is 0.287. The third kappa shape index (κ3) is 6.17. The van der Waals surface area contributed by atoms with Crippen LogP contribution in [0.2, 0.25) is 0 Å². The van der Waals surface area contributed by atoms with Crippen LogP contribution in [-0.4, -0.2) is 32.9 Å². The number of alkyl halides is 3. The van der Waals surface area contributed by atoms with E-state index in [0.717, 1.165) is 44.9 Å². The summed E-state index contributed by atoms with van der Waals surface area (Å²) in [4.78, 5) is 18.4. The molecular formula is C28H28F3N3O2S. The van der Waals surface area contributed by atoms with Crippen molar-refractivity contribution in [3.63, 3.8) is 0 Å². The molecule has 194 valence electrons. The number of aromatic nitrogens is 2. The van der Waals surface area contributed by atoms with Gasteiger partial charge in [0.15, 0.2) is 0 Å². The van der Waals surface area contributed by atoms with Crippen LogP contribution in [0.25, 0.3) is 10.9 Å². The number of hydrogen-bond acceptors (Lipinski definition) is 4. The first kappa shape index (κ1) is 26.8. The van der Waals surface area contributed by atoms with Gasteiger partial charge < -0.3 is 15.0 Å². The third-order valence-electron chi connectivity index (χ3n) is 6.15. The van der Waals surface area contributed by atoms with E-state index in [2.05, 4.69) is 21.8 Å². The number of carbonyl (C=O) groups is 1. The molecular weight excluding hydrogens is 499 g/mol. The monoisotopic (exact) mass is 527 g/mol. The van der Waals surface area contributed by atoms with Crippen molar-refractivity contribution in [3.05, 3.63) is 94.9 Å². The van der Waals surface area contributed by atoms with Gasteiger partial charge in [0, 0.05) is 46.2 Å². The number of pyridine rings is 1. The zero-order valence-electron chi connectivity index (χ0n) is 20.5. The highest BCUT2D eigenvalue weighted by molar-refractivity contribution is 7.99. The fraction of sp³-hybridized carbons (Fsp3) is 0.286. The number of thioether (sulfide) groups is 1. The molecule has 2 aromatic heterocycles. The van der Waals surface area contributed by atoms with Crippen molar-refractivity contribution in [2.45, 2.75) is 43.9 Å². The van der Waals surface area contributed by atoms with E-state index < -0.39 is 17.8 Å². The second-order valence-electron chi connectivity index (χ2n) is 8.59. The molecule has 1 amide bonds. The first-order valence-electron chi connectivity index (χ1n) is 12.0. The van der Waals surface area contributed by atoms with E-state index in [0.29, 0.717) is 24.2 Å². The number of nitrogens with zero attached hydrogens (tertiary/aromatic N) is 2. The van der Waals surface area contributed by atoms with Gasteiger partial charge in [0.2, 0.25) is 0 Å². The van der Waals surface area contributed by atoms with Crippen LogP contribution in [0.1, 0.15) is 52.8 Å². The summed E-state index contributed by atoms with van der Waals surface area (Å²) in [6.45, 7) is 4.44. The molecule has 2 N–H and O–H groups in total. The Kier molecular flexibility index (Phi) is 8.24. The molecule has 4 rings (SSSR count). The highest BCUT2D eigenvalue weighted by Crippen LogP contribution is 2.30. The number of aryl methyl sites for hydroxylation is 1. The molecule has 5 nitrogen and oxygen atoms in total. The van der Waals surface area contributed by atoms with E-state index >= 15 is 0 Å². The molecule has 4 aromatic rings. The van der Waals surface area contributed by atoms with Crippen LogP contribution < -0.4 is 5.32 Å². The predicted molar refractivity (Wildman–Crippen MR) is 140 cm³/mol. The lowest BCUT2D eigenvalue weighted by Gasteiger charge is -2.16. The van der Waals surface area contributed by atoms with Gasteiger partial charge in [-0.2, -0.15) is 13.2 Å². The van der Waals surface area contributed by atoms with Crippen molar-refractivity contribution in [2.24, 2.45) is 0 Å². The molecule has 2 aromatic carbocycles. The van der Waals surface area contributed by atoms with Crippen molar-refractivity contribution >= 4 is 28.6 Å². The Balaban J connectivity index is 1.54. The van der Waals surface area contributed by atoms with Gasteiger partial charge in [-0.05, 0) is 66.8 Å². The number of benzene rings is 2. The van der Waals surface area contributed by atoms with Crippen molar-refractivity contribution in [3.8, 4) is 0 Å². The normalized spacial score (nSPS) is 12.6. The number of amides is 1. The molecule has 0 radical (unpaired) electrons. The predicted octanol–water partition coefficient (Wildman–Crippen LogP) is 6.24. The minimum Gasteiger partial charge on any atom is -0.394 e. The number of halogens is 3. The molecule has 0 aliphatic rings. The maximum Gasteiger partial charge on any atom is 0.416 e. The average molecular weight is 528 g/mol. The SMILES string of the molecule is CCSc1ccc(C(CO)NC(=O)c2ccc3c(c2)cc(Cc2ccc(C(F)(F)F)cc2)n3CC)nc1. The quantitative estimate of drug-likeness (QED) is 0.253. The first-order chi connectivity index (χ1) is 17.7. The first-order valence-corrected chi connectivity index (χ1v) is 13.0. The highest BCUT2D eigenvalue weighted by atomic mass is 32.2. The molecule has 2 heterocycles. The van der Waals surface area contributed by atoms with Crippen molar-refractivity contribution < 1.29 is 23.1 Å². The standard InChI is InChI=1S/C28H28F3N3O2S/c1-3-34-22(13-18-5-8-21(9-6-18)28(29,30)31)15-20-14-19(7-12-26(20)34)27(36)33-25(17-35)24-11-10-23(16-32-24)37-4-2/h5-12,14-16,25,35H,3-4,13,17H2,1-2H3,(H,33,36). The van der Waals surface area contributed by atoms with Gasteiger partial charge in [-0.15, -0.1) is 11.8 Å². The Hall–Kier alpha value is -3.30. The molecule has 1 atom stereocenters. The molecule has 0 saturated heterocycles. The topological polar surface area (TPSA) is 67.2 Å². The smallest absolute Gasteiger partial charge is 0.394 e. The summed E-state index contributed by atoms with van der Waals surface area (Å²) in [5.74, 6) is 0.596. The van der Waals surface area contributed by atoms with Crippen LogP contribution in [0.3, 0.4) is 0 Å². The average Bonchev–Trinajstić information content (AvgIpc) is 3.23. The summed E-state index contributed by atoms with van der Waals surface area (Å²) in [5, 5.41) is 13.6. The largest absolute Gasteiger partial charge is 0.416 e. The lowest BCUT2D eigenvalue weighted by Crippen LogP contribution is -2.31. The number of hydrogen-bond donors (Lipinski definition) is 2. The fourth-order valence-electron chi connectivity index (χ4n) is 4.31. The Labute approximate surface area is 217 Å².